The Labute approximate surface area is 192 Å². The highest BCUT2D eigenvalue weighted by molar-refractivity contribution is 5.35. The van der Waals surface area contributed by atoms with Gasteiger partial charge >= 0.3 is 12.4 Å². The summed E-state index contributed by atoms with van der Waals surface area (Å²) in [5, 5.41) is 19.7. The van der Waals surface area contributed by atoms with Crippen LogP contribution < -0.4 is 0 Å². The van der Waals surface area contributed by atoms with Crippen LogP contribution in [0.25, 0.3) is 0 Å². The Morgan fingerprint density at radius 1 is 0.882 bits per heavy atom. The first-order valence-corrected chi connectivity index (χ1v) is 10.8. The third-order valence-corrected chi connectivity index (χ3v) is 6.45. The number of aliphatic hydroxyl groups is 2. The van der Waals surface area contributed by atoms with Crippen molar-refractivity contribution in [2.75, 3.05) is 13.2 Å². The van der Waals surface area contributed by atoms with Gasteiger partial charge in [0.05, 0.1) is 23.3 Å². The summed E-state index contributed by atoms with van der Waals surface area (Å²) in [6, 6.07) is 6.76. The van der Waals surface area contributed by atoms with Crippen molar-refractivity contribution >= 4 is 0 Å². The maximum Gasteiger partial charge on any atom is 0.416 e. The SMILES string of the molecule is CC(OC1CCC(CO)C(CO)C1c1ccc(F)cc1)c1cc(C(F)(F)F)cc(C(F)(F)F)c1. The number of ether oxygens (including phenoxy) is 1. The number of rotatable bonds is 6. The van der Waals surface area contributed by atoms with Crippen LogP contribution in [0.1, 0.15) is 54.0 Å². The molecule has 0 amide bonds. The summed E-state index contributed by atoms with van der Waals surface area (Å²) < 4.78 is 99.1. The fraction of sp³-hybridized carbons (Fsp3) is 0.500. The molecule has 3 rings (SSSR count). The molecule has 10 heteroatoms. The second-order valence-electron chi connectivity index (χ2n) is 8.60. The normalized spacial score (nSPS) is 24.8. The van der Waals surface area contributed by atoms with Gasteiger partial charge in [0.2, 0.25) is 0 Å². The predicted molar refractivity (Wildman–Crippen MR) is 109 cm³/mol. The van der Waals surface area contributed by atoms with Crippen molar-refractivity contribution < 1.29 is 45.7 Å². The largest absolute Gasteiger partial charge is 0.416 e. The number of hydrogen-bond donors (Lipinski definition) is 2. The molecule has 5 atom stereocenters. The Morgan fingerprint density at radius 2 is 1.44 bits per heavy atom. The molecule has 2 N–H and O–H groups in total. The van der Waals surface area contributed by atoms with E-state index in [9.17, 15) is 40.9 Å². The van der Waals surface area contributed by atoms with Crippen molar-refractivity contribution in [2.24, 2.45) is 11.8 Å². The minimum absolute atomic E-state index is 0.0613. The topological polar surface area (TPSA) is 49.7 Å². The lowest BCUT2D eigenvalue weighted by Gasteiger charge is -2.43. The lowest BCUT2D eigenvalue weighted by atomic mass is 9.68. The summed E-state index contributed by atoms with van der Waals surface area (Å²) in [7, 11) is 0. The van der Waals surface area contributed by atoms with Gasteiger partial charge in [0.15, 0.2) is 0 Å². The average Bonchev–Trinajstić information content (AvgIpc) is 2.77. The number of hydrogen-bond acceptors (Lipinski definition) is 3. The first-order valence-electron chi connectivity index (χ1n) is 10.8. The zero-order chi connectivity index (χ0) is 25.3. The molecular formula is C24H25F7O3. The summed E-state index contributed by atoms with van der Waals surface area (Å²) in [5.74, 6) is -1.82. The summed E-state index contributed by atoms with van der Waals surface area (Å²) in [5.41, 5.74) is -2.55. The van der Waals surface area contributed by atoms with Gasteiger partial charge in [0, 0.05) is 19.1 Å². The molecule has 0 aromatic heterocycles. The molecule has 2 aromatic carbocycles. The molecular weight excluding hydrogens is 469 g/mol. The molecule has 0 saturated heterocycles. The number of aliphatic hydroxyl groups excluding tert-OH is 2. The summed E-state index contributed by atoms with van der Waals surface area (Å²) in [6.07, 6.45) is -11.0. The summed E-state index contributed by atoms with van der Waals surface area (Å²) >= 11 is 0. The van der Waals surface area contributed by atoms with Crippen LogP contribution in [0.3, 0.4) is 0 Å². The van der Waals surface area contributed by atoms with Gasteiger partial charge in [-0.05, 0) is 73.1 Å². The van der Waals surface area contributed by atoms with E-state index in [4.69, 9.17) is 4.74 Å². The average molecular weight is 494 g/mol. The first-order chi connectivity index (χ1) is 15.8. The van der Waals surface area contributed by atoms with E-state index in [0.29, 0.717) is 30.5 Å². The van der Waals surface area contributed by atoms with Gasteiger partial charge in [-0.1, -0.05) is 12.1 Å². The first kappa shape index (κ1) is 26.4. The van der Waals surface area contributed by atoms with Crippen molar-refractivity contribution in [1.29, 1.82) is 0 Å². The molecule has 1 saturated carbocycles. The molecule has 188 valence electrons. The van der Waals surface area contributed by atoms with Crippen LogP contribution in [-0.2, 0) is 17.1 Å². The molecule has 1 aliphatic carbocycles. The lowest BCUT2D eigenvalue weighted by Crippen LogP contribution is -2.41. The van der Waals surface area contributed by atoms with Gasteiger partial charge in [-0.15, -0.1) is 0 Å². The maximum absolute atomic E-state index is 13.5. The van der Waals surface area contributed by atoms with Crippen LogP contribution in [0.2, 0.25) is 0 Å². The Kier molecular flexibility index (Phi) is 7.94. The van der Waals surface area contributed by atoms with E-state index in [1.165, 1.54) is 31.2 Å². The van der Waals surface area contributed by atoms with Crippen molar-refractivity contribution in [2.45, 2.75) is 50.2 Å². The van der Waals surface area contributed by atoms with Crippen molar-refractivity contribution in [1.82, 2.24) is 0 Å². The van der Waals surface area contributed by atoms with Gasteiger partial charge in [-0.3, -0.25) is 0 Å². The van der Waals surface area contributed by atoms with Crippen LogP contribution in [0.4, 0.5) is 30.7 Å². The zero-order valence-electron chi connectivity index (χ0n) is 18.2. The van der Waals surface area contributed by atoms with E-state index in [0.717, 1.165) is 0 Å². The van der Waals surface area contributed by atoms with E-state index in [1.807, 2.05) is 0 Å². The summed E-state index contributed by atoms with van der Waals surface area (Å²) in [6.45, 7) is 0.820. The molecule has 5 unspecified atom stereocenters. The van der Waals surface area contributed by atoms with Crippen LogP contribution in [0.5, 0.6) is 0 Å². The predicted octanol–water partition coefficient (Wildman–Crippen LogP) is 6.10. The van der Waals surface area contributed by atoms with E-state index in [-0.39, 0.29) is 30.8 Å². The van der Waals surface area contributed by atoms with Gasteiger partial charge in [0.25, 0.3) is 0 Å². The van der Waals surface area contributed by atoms with Crippen LogP contribution in [0, 0.1) is 17.7 Å². The van der Waals surface area contributed by atoms with Gasteiger partial charge in [0.1, 0.15) is 5.82 Å². The molecule has 0 heterocycles. The van der Waals surface area contributed by atoms with E-state index in [2.05, 4.69) is 0 Å². The van der Waals surface area contributed by atoms with E-state index in [1.54, 1.807) is 0 Å². The van der Waals surface area contributed by atoms with Crippen LogP contribution in [0.15, 0.2) is 42.5 Å². The Morgan fingerprint density at radius 3 is 1.91 bits per heavy atom. The fourth-order valence-electron chi connectivity index (χ4n) is 4.68. The Bertz CT molecular complexity index is 924. The Balaban J connectivity index is 1.97. The van der Waals surface area contributed by atoms with Gasteiger partial charge in [-0.2, -0.15) is 26.3 Å². The molecule has 0 spiro atoms. The number of alkyl halides is 6. The minimum Gasteiger partial charge on any atom is -0.396 e. The van der Waals surface area contributed by atoms with Crippen molar-refractivity contribution in [3.05, 3.63) is 70.5 Å². The molecule has 1 aliphatic rings. The standard InChI is InChI=1S/C24H25F7O3/c1-13(16-8-17(23(26,27)28)10-18(9-16)24(29,30)31)34-21-7-4-15(11-32)20(12-33)22(21)14-2-5-19(25)6-3-14/h2-3,5-6,8-10,13,15,20-22,32-33H,4,7,11-12H2,1H3. The lowest BCUT2D eigenvalue weighted by molar-refractivity contribution is -0.143. The van der Waals surface area contributed by atoms with Crippen molar-refractivity contribution in [3.63, 3.8) is 0 Å². The third kappa shape index (κ3) is 5.90. The monoisotopic (exact) mass is 494 g/mol. The number of benzene rings is 2. The zero-order valence-corrected chi connectivity index (χ0v) is 18.2. The van der Waals surface area contributed by atoms with Crippen molar-refractivity contribution in [3.8, 4) is 0 Å². The molecule has 0 bridgehead atoms. The molecule has 1 fully saturated rings. The molecule has 0 aliphatic heterocycles. The van der Waals surface area contributed by atoms with Gasteiger partial charge in [-0.25, -0.2) is 4.39 Å². The highest BCUT2D eigenvalue weighted by Crippen LogP contribution is 2.45. The second kappa shape index (κ2) is 10.2. The second-order valence-corrected chi connectivity index (χ2v) is 8.60. The summed E-state index contributed by atoms with van der Waals surface area (Å²) in [4.78, 5) is 0. The third-order valence-electron chi connectivity index (χ3n) is 6.45. The molecule has 3 nitrogen and oxygen atoms in total. The van der Waals surface area contributed by atoms with Gasteiger partial charge < -0.3 is 14.9 Å². The maximum atomic E-state index is 13.5. The highest BCUT2D eigenvalue weighted by Gasteiger charge is 2.42. The quantitative estimate of drug-likeness (QED) is 0.477. The fourth-order valence-corrected chi connectivity index (χ4v) is 4.68. The molecule has 2 aromatic rings. The van der Waals surface area contributed by atoms with E-state index < -0.39 is 53.3 Å². The Hall–Kier alpha value is -2.17. The molecule has 0 radical (unpaired) electrons. The van der Waals surface area contributed by atoms with Crippen LogP contribution >= 0.6 is 0 Å². The van der Waals surface area contributed by atoms with Crippen LogP contribution in [-0.4, -0.2) is 29.5 Å². The minimum atomic E-state index is -4.98. The number of halogens is 7. The highest BCUT2D eigenvalue weighted by atomic mass is 19.4. The van der Waals surface area contributed by atoms with E-state index >= 15 is 0 Å². The molecule has 34 heavy (non-hydrogen) atoms. The smallest absolute Gasteiger partial charge is 0.396 e.